The van der Waals surface area contributed by atoms with Crippen LogP contribution in [-0.2, 0) is 20.1 Å². The van der Waals surface area contributed by atoms with Crippen molar-refractivity contribution in [2.24, 2.45) is 7.05 Å². The Bertz CT molecular complexity index is 1350. The smallest absolute Gasteiger partial charge is 0.308 e. The van der Waals surface area contributed by atoms with Crippen molar-refractivity contribution in [2.75, 3.05) is 0 Å². The van der Waals surface area contributed by atoms with Crippen LogP contribution in [0.1, 0.15) is 11.1 Å². The number of halogens is 3. The van der Waals surface area contributed by atoms with Crippen LogP contribution in [0.25, 0.3) is 11.2 Å². The van der Waals surface area contributed by atoms with Gasteiger partial charge >= 0.3 is 5.69 Å². The number of hydrogen-bond acceptors (Lipinski definition) is 3. The van der Waals surface area contributed by atoms with Crippen molar-refractivity contribution in [1.29, 1.82) is 0 Å². The Balaban J connectivity index is 1.90. The minimum absolute atomic E-state index is 0.181. The summed E-state index contributed by atoms with van der Waals surface area (Å²) in [5.74, 6) is 0. The molecule has 0 atom stereocenters. The minimum atomic E-state index is -0.401. The van der Waals surface area contributed by atoms with E-state index in [2.05, 4.69) is 52.8 Å². The molecule has 9 heteroatoms. The van der Waals surface area contributed by atoms with E-state index >= 15 is 0 Å². The lowest BCUT2D eigenvalue weighted by Crippen LogP contribution is -2.40. The standard InChI is InChI=1S/C20H15Br3N4O2/c1-25-17-16(26(19(23)24-17)10-12-4-2-6-14(21)8-12)18(28)27(20(25)29)11-13-5-3-7-15(22)9-13/h2-9H,10-11H2,1H3. The Hall–Kier alpha value is -1.97. The molecule has 29 heavy (non-hydrogen) atoms. The number of imidazole rings is 1. The summed E-state index contributed by atoms with van der Waals surface area (Å²) in [7, 11) is 1.63. The van der Waals surface area contributed by atoms with Crippen molar-refractivity contribution in [3.05, 3.63) is 94.2 Å². The number of benzene rings is 2. The van der Waals surface area contributed by atoms with Crippen molar-refractivity contribution >= 4 is 59.0 Å². The summed E-state index contributed by atoms with van der Waals surface area (Å²) in [5, 5.41) is 0. The Kier molecular flexibility index (Phi) is 5.63. The van der Waals surface area contributed by atoms with E-state index in [0.29, 0.717) is 22.4 Å². The van der Waals surface area contributed by atoms with Gasteiger partial charge < -0.3 is 4.57 Å². The SMILES string of the molecule is Cn1c(=O)n(Cc2cccc(Br)c2)c(=O)c2c1nc(Br)n2Cc1cccc(Br)c1. The number of rotatable bonds is 4. The van der Waals surface area contributed by atoms with Crippen LogP contribution in [-0.4, -0.2) is 18.7 Å². The number of fused-ring (bicyclic) bond motifs is 1. The van der Waals surface area contributed by atoms with E-state index in [1.165, 1.54) is 9.13 Å². The highest BCUT2D eigenvalue weighted by Gasteiger charge is 2.19. The molecule has 0 aliphatic rings. The first-order valence-electron chi connectivity index (χ1n) is 8.69. The average molecular weight is 583 g/mol. The van der Waals surface area contributed by atoms with E-state index < -0.39 is 5.69 Å². The third-order valence-corrected chi connectivity index (χ3v) is 6.24. The maximum atomic E-state index is 13.3. The summed E-state index contributed by atoms with van der Waals surface area (Å²) >= 11 is 10.4. The van der Waals surface area contributed by atoms with Gasteiger partial charge in [-0.05, 0) is 51.3 Å². The third-order valence-electron chi connectivity index (χ3n) is 4.65. The van der Waals surface area contributed by atoms with Gasteiger partial charge in [0.15, 0.2) is 15.9 Å². The highest BCUT2D eigenvalue weighted by molar-refractivity contribution is 9.11. The average Bonchev–Trinajstić information content (AvgIpc) is 3.00. The molecular weight excluding hydrogens is 568 g/mol. The topological polar surface area (TPSA) is 61.8 Å². The molecular formula is C20H15Br3N4O2. The number of aryl methyl sites for hydroxylation is 1. The monoisotopic (exact) mass is 580 g/mol. The fourth-order valence-corrected chi connectivity index (χ4v) is 4.63. The Labute approximate surface area is 191 Å². The largest absolute Gasteiger partial charge is 0.332 e. The lowest BCUT2D eigenvalue weighted by atomic mass is 10.2. The van der Waals surface area contributed by atoms with Crippen LogP contribution < -0.4 is 11.2 Å². The highest BCUT2D eigenvalue weighted by atomic mass is 79.9. The summed E-state index contributed by atoms with van der Waals surface area (Å²) in [6, 6.07) is 15.4. The van der Waals surface area contributed by atoms with Gasteiger partial charge in [0.25, 0.3) is 5.56 Å². The van der Waals surface area contributed by atoms with Gasteiger partial charge in [-0.15, -0.1) is 0 Å². The van der Waals surface area contributed by atoms with E-state index in [1.807, 2.05) is 48.5 Å². The van der Waals surface area contributed by atoms with E-state index in [0.717, 1.165) is 20.1 Å². The van der Waals surface area contributed by atoms with E-state index in [1.54, 1.807) is 11.6 Å². The first-order chi connectivity index (χ1) is 13.8. The summed E-state index contributed by atoms with van der Waals surface area (Å²) in [6.07, 6.45) is 0. The number of nitrogens with zero attached hydrogens (tertiary/aromatic N) is 4. The van der Waals surface area contributed by atoms with Crippen molar-refractivity contribution < 1.29 is 0 Å². The maximum absolute atomic E-state index is 13.3. The van der Waals surface area contributed by atoms with Gasteiger partial charge in [0.2, 0.25) is 0 Å². The molecule has 0 saturated carbocycles. The molecule has 0 unspecified atom stereocenters. The molecule has 0 saturated heterocycles. The molecule has 2 heterocycles. The second-order valence-corrected chi connectivity index (χ2v) is 9.17. The van der Waals surface area contributed by atoms with Crippen molar-refractivity contribution in [2.45, 2.75) is 13.1 Å². The normalized spacial score (nSPS) is 11.3. The maximum Gasteiger partial charge on any atom is 0.332 e. The molecule has 2 aromatic carbocycles. The van der Waals surface area contributed by atoms with Gasteiger partial charge in [0.1, 0.15) is 0 Å². The second-order valence-electron chi connectivity index (χ2n) is 6.63. The summed E-state index contributed by atoms with van der Waals surface area (Å²) in [4.78, 5) is 30.6. The minimum Gasteiger partial charge on any atom is -0.308 e. The van der Waals surface area contributed by atoms with Crippen LogP contribution in [0.15, 0.2) is 71.8 Å². The zero-order valence-corrected chi connectivity index (χ0v) is 20.0. The van der Waals surface area contributed by atoms with Crippen molar-refractivity contribution in [3.8, 4) is 0 Å². The lowest BCUT2D eigenvalue weighted by Gasteiger charge is -2.11. The fraction of sp³-hybridized carbons (Fsp3) is 0.150. The van der Waals surface area contributed by atoms with Gasteiger partial charge in [0, 0.05) is 16.0 Å². The third kappa shape index (κ3) is 3.91. The van der Waals surface area contributed by atoms with Crippen LogP contribution >= 0.6 is 47.8 Å². The van der Waals surface area contributed by atoms with Gasteiger partial charge in [0.05, 0.1) is 13.1 Å². The fourth-order valence-electron chi connectivity index (χ4n) is 3.26. The summed E-state index contributed by atoms with van der Waals surface area (Å²) in [5.41, 5.74) is 1.83. The number of hydrogen-bond donors (Lipinski definition) is 0. The summed E-state index contributed by atoms with van der Waals surface area (Å²) < 4.78 is 6.79. The molecule has 0 aliphatic heterocycles. The van der Waals surface area contributed by atoms with Crippen LogP contribution in [0.4, 0.5) is 0 Å². The van der Waals surface area contributed by atoms with E-state index in [-0.39, 0.29) is 12.1 Å². The van der Waals surface area contributed by atoms with Crippen LogP contribution in [0.5, 0.6) is 0 Å². The van der Waals surface area contributed by atoms with Gasteiger partial charge in [-0.1, -0.05) is 56.1 Å². The zero-order valence-electron chi connectivity index (χ0n) is 15.3. The first kappa shape index (κ1) is 20.3. The first-order valence-corrected chi connectivity index (χ1v) is 11.1. The van der Waals surface area contributed by atoms with Gasteiger partial charge in [-0.2, -0.15) is 0 Å². The molecule has 0 fully saturated rings. The van der Waals surface area contributed by atoms with Crippen LogP contribution in [0, 0.1) is 0 Å². The Morgan fingerprint density at radius 1 is 0.862 bits per heavy atom. The van der Waals surface area contributed by atoms with Gasteiger partial charge in [-0.25, -0.2) is 9.78 Å². The molecule has 0 amide bonds. The quantitative estimate of drug-likeness (QED) is 0.338. The molecule has 148 valence electrons. The molecule has 0 bridgehead atoms. The molecule has 0 N–H and O–H groups in total. The molecule has 6 nitrogen and oxygen atoms in total. The van der Waals surface area contributed by atoms with E-state index in [9.17, 15) is 9.59 Å². The molecule has 0 spiro atoms. The van der Waals surface area contributed by atoms with Crippen LogP contribution in [0.3, 0.4) is 0 Å². The zero-order chi connectivity index (χ0) is 20.7. The highest BCUT2D eigenvalue weighted by Crippen LogP contribution is 2.20. The van der Waals surface area contributed by atoms with Crippen molar-refractivity contribution in [3.63, 3.8) is 0 Å². The predicted octanol–water partition coefficient (Wildman–Crippen LogP) is 4.28. The van der Waals surface area contributed by atoms with Gasteiger partial charge in [-0.3, -0.25) is 13.9 Å². The molecule has 4 rings (SSSR count). The predicted molar refractivity (Wildman–Crippen MR) is 123 cm³/mol. The Morgan fingerprint density at radius 3 is 1.97 bits per heavy atom. The summed E-state index contributed by atoms with van der Waals surface area (Å²) in [6.45, 7) is 0.626. The van der Waals surface area contributed by atoms with E-state index in [4.69, 9.17) is 0 Å². The number of aromatic nitrogens is 4. The van der Waals surface area contributed by atoms with Crippen molar-refractivity contribution in [1.82, 2.24) is 18.7 Å². The van der Waals surface area contributed by atoms with Crippen LogP contribution in [0.2, 0.25) is 0 Å². The second kappa shape index (κ2) is 8.04. The molecule has 2 aromatic heterocycles. The molecule has 4 aromatic rings. The molecule has 0 radical (unpaired) electrons. The lowest BCUT2D eigenvalue weighted by molar-refractivity contribution is 0.653. The Morgan fingerprint density at radius 2 is 1.41 bits per heavy atom. The molecule has 0 aliphatic carbocycles.